The van der Waals surface area contributed by atoms with Crippen molar-refractivity contribution in [2.24, 2.45) is 0 Å². The molecule has 0 bridgehead atoms. The van der Waals surface area contributed by atoms with Crippen LogP contribution in [0.15, 0.2) is 60.8 Å². The van der Waals surface area contributed by atoms with Crippen molar-refractivity contribution >= 4 is 39.8 Å². The molecular formula is C22H23BrClN3O2S. The number of halogens is 2. The van der Waals surface area contributed by atoms with E-state index in [0.717, 1.165) is 37.3 Å². The van der Waals surface area contributed by atoms with Crippen LogP contribution in [0.5, 0.6) is 0 Å². The summed E-state index contributed by atoms with van der Waals surface area (Å²) in [4.78, 5) is 16.6. The van der Waals surface area contributed by atoms with E-state index in [2.05, 4.69) is 34.1 Å². The molecule has 158 valence electrons. The average molecular weight is 509 g/mol. The quantitative estimate of drug-likeness (QED) is 0.378. The average Bonchev–Trinajstić information content (AvgIpc) is 3.18. The lowest BCUT2D eigenvalue weighted by atomic mass is 10.1. The number of para-hydroxylation sites is 1. The molecule has 0 atom stereocenters. The molecule has 0 saturated carbocycles. The Morgan fingerprint density at radius 3 is 2.30 bits per heavy atom. The van der Waals surface area contributed by atoms with Crippen LogP contribution in [0.4, 0.5) is 10.7 Å². The van der Waals surface area contributed by atoms with Crippen LogP contribution in [0.1, 0.15) is 0 Å². The maximum absolute atomic E-state index is 11.8. The summed E-state index contributed by atoms with van der Waals surface area (Å²) in [7, 11) is 1.42. The standard InChI is InChI=1S/C22H23ClN3O2S.BrH/c1-28-21(27)16-26-15-20(17-7-9-18(23)10-8-17)22(29-26)25-13-11-24(12-14-25)19-5-3-2-4-6-19;/h2-10,15H,11-14,16H2,1H3;1H/q+1;/p-1. The molecule has 4 rings (SSSR count). The first-order valence-corrected chi connectivity index (χ1v) is 10.7. The number of hydrogen-bond acceptors (Lipinski definition) is 5. The molecule has 0 spiro atoms. The summed E-state index contributed by atoms with van der Waals surface area (Å²) in [5.41, 5.74) is 3.47. The largest absolute Gasteiger partial charge is 1.00 e. The first-order chi connectivity index (χ1) is 14.1. The molecule has 1 saturated heterocycles. The summed E-state index contributed by atoms with van der Waals surface area (Å²) in [6.07, 6.45) is 2.03. The zero-order valence-electron chi connectivity index (χ0n) is 16.6. The highest BCUT2D eigenvalue weighted by Gasteiger charge is 2.27. The van der Waals surface area contributed by atoms with Crippen molar-refractivity contribution < 1.29 is 30.5 Å². The van der Waals surface area contributed by atoms with Crippen LogP contribution in [0.25, 0.3) is 11.1 Å². The number of rotatable bonds is 5. The van der Waals surface area contributed by atoms with E-state index in [0.29, 0.717) is 5.02 Å². The predicted molar refractivity (Wildman–Crippen MR) is 118 cm³/mol. The van der Waals surface area contributed by atoms with Gasteiger partial charge in [0.2, 0.25) is 0 Å². The fourth-order valence-electron chi connectivity index (χ4n) is 3.52. The first-order valence-electron chi connectivity index (χ1n) is 9.55. The molecule has 2 aromatic carbocycles. The van der Waals surface area contributed by atoms with E-state index in [9.17, 15) is 4.79 Å². The molecule has 1 aliphatic rings. The molecule has 30 heavy (non-hydrogen) atoms. The zero-order chi connectivity index (χ0) is 20.2. The maximum Gasteiger partial charge on any atom is 0.373 e. The Hall–Kier alpha value is -2.09. The van der Waals surface area contributed by atoms with Crippen molar-refractivity contribution in [3.63, 3.8) is 0 Å². The molecular weight excluding hydrogens is 486 g/mol. The van der Waals surface area contributed by atoms with Gasteiger partial charge in [-0.2, -0.15) is 0 Å². The van der Waals surface area contributed by atoms with Crippen molar-refractivity contribution in [1.29, 1.82) is 0 Å². The summed E-state index contributed by atoms with van der Waals surface area (Å²) < 4.78 is 6.78. The summed E-state index contributed by atoms with van der Waals surface area (Å²) >= 11 is 7.67. The van der Waals surface area contributed by atoms with Gasteiger partial charge in [-0.05, 0) is 29.8 Å². The van der Waals surface area contributed by atoms with E-state index in [1.807, 2.05) is 40.5 Å². The predicted octanol–water partition coefficient (Wildman–Crippen LogP) is 0.860. The lowest BCUT2D eigenvalue weighted by Crippen LogP contribution is -3.00. The fraction of sp³-hybridized carbons (Fsp3) is 0.273. The van der Waals surface area contributed by atoms with E-state index in [1.54, 1.807) is 11.5 Å². The number of nitrogens with zero attached hydrogens (tertiary/aromatic N) is 3. The van der Waals surface area contributed by atoms with Gasteiger partial charge in [0.1, 0.15) is 0 Å². The summed E-state index contributed by atoms with van der Waals surface area (Å²) in [5, 5.41) is 1.88. The number of piperazine rings is 1. The fourth-order valence-corrected chi connectivity index (χ4v) is 4.76. The number of carbonyl (C=O) groups excluding carboxylic acids is 1. The Morgan fingerprint density at radius 2 is 1.67 bits per heavy atom. The molecule has 1 aromatic heterocycles. The van der Waals surface area contributed by atoms with Gasteiger partial charge in [-0.1, -0.05) is 41.9 Å². The Kier molecular flexibility index (Phi) is 7.75. The number of benzene rings is 2. The molecule has 0 unspecified atom stereocenters. The van der Waals surface area contributed by atoms with Crippen LogP contribution in [0.2, 0.25) is 5.02 Å². The molecule has 2 heterocycles. The Morgan fingerprint density at radius 1 is 1.03 bits per heavy atom. The normalized spacial score (nSPS) is 13.7. The number of esters is 1. The smallest absolute Gasteiger partial charge is 0.373 e. The lowest BCUT2D eigenvalue weighted by Gasteiger charge is -2.36. The first kappa shape index (κ1) is 22.6. The van der Waals surface area contributed by atoms with Crippen molar-refractivity contribution in [3.05, 3.63) is 65.8 Å². The molecule has 5 nitrogen and oxygen atoms in total. The topological polar surface area (TPSA) is 36.7 Å². The molecule has 3 aromatic rings. The summed E-state index contributed by atoms with van der Waals surface area (Å²) in [5.74, 6) is -0.251. The summed E-state index contributed by atoms with van der Waals surface area (Å²) in [6, 6.07) is 18.4. The van der Waals surface area contributed by atoms with Gasteiger partial charge in [0.15, 0.2) is 22.7 Å². The minimum Gasteiger partial charge on any atom is -1.00 e. The monoisotopic (exact) mass is 507 g/mol. The number of hydrogen-bond donors (Lipinski definition) is 0. The van der Waals surface area contributed by atoms with Crippen LogP contribution in [-0.4, -0.2) is 39.3 Å². The number of methoxy groups -OCH3 is 1. The molecule has 1 aliphatic heterocycles. The van der Waals surface area contributed by atoms with Gasteiger partial charge in [0.05, 0.1) is 12.7 Å². The van der Waals surface area contributed by atoms with Crippen LogP contribution in [0.3, 0.4) is 0 Å². The third-order valence-corrected chi connectivity index (χ3v) is 6.44. The zero-order valence-corrected chi connectivity index (χ0v) is 19.8. The van der Waals surface area contributed by atoms with Crippen LogP contribution < -0.4 is 30.7 Å². The molecule has 1 fully saturated rings. The number of anilines is 2. The van der Waals surface area contributed by atoms with E-state index in [4.69, 9.17) is 16.3 Å². The van der Waals surface area contributed by atoms with Crippen molar-refractivity contribution in [2.45, 2.75) is 6.54 Å². The molecule has 0 amide bonds. The van der Waals surface area contributed by atoms with Gasteiger partial charge in [0.25, 0.3) is 6.54 Å². The van der Waals surface area contributed by atoms with E-state index < -0.39 is 0 Å². The Labute approximate surface area is 196 Å². The van der Waals surface area contributed by atoms with Crippen molar-refractivity contribution in [1.82, 2.24) is 0 Å². The van der Waals surface area contributed by atoms with Crippen LogP contribution in [-0.2, 0) is 16.1 Å². The molecule has 0 radical (unpaired) electrons. The second kappa shape index (κ2) is 10.3. The lowest BCUT2D eigenvalue weighted by molar-refractivity contribution is -0.616. The SMILES string of the molecule is COC(=O)C[n+]1cc(-c2ccc(Cl)cc2)c(N2CCN(c3ccccc3)CC2)s1.[Br-]. The van der Waals surface area contributed by atoms with E-state index in [1.165, 1.54) is 17.8 Å². The molecule has 8 heteroatoms. The van der Waals surface area contributed by atoms with Gasteiger partial charge < -0.3 is 31.5 Å². The van der Waals surface area contributed by atoms with E-state index >= 15 is 0 Å². The van der Waals surface area contributed by atoms with E-state index in [-0.39, 0.29) is 29.5 Å². The Bertz CT molecular complexity index is 974. The highest BCUT2D eigenvalue weighted by Crippen LogP contribution is 2.35. The molecule has 0 aliphatic carbocycles. The highest BCUT2D eigenvalue weighted by molar-refractivity contribution is 7.07. The van der Waals surface area contributed by atoms with Gasteiger partial charge in [-0.3, -0.25) is 0 Å². The van der Waals surface area contributed by atoms with Gasteiger partial charge in [-0.15, -0.1) is 3.96 Å². The third-order valence-electron chi connectivity index (χ3n) is 5.06. The minimum atomic E-state index is -0.251. The number of ether oxygens (including phenoxy) is 1. The van der Waals surface area contributed by atoms with Crippen LogP contribution >= 0.6 is 23.1 Å². The van der Waals surface area contributed by atoms with Crippen LogP contribution in [0, 0.1) is 0 Å². The Balaban J connectivity index is 0.00000256. The maximum atomic E-state index is 11.8. The third kappa shape index (κ3) is 5.14. The summed E-state index contributed by atoms with van der Waals surface area (Å²) in [6.45, 7) is 3.98. The number of carbonyl (C=O) groups is 1. The van der Waals surface area contributed by atoms with Gasteiger partial charge in [-0.25, -0.2) is 4.79 Å². The van der Waals surface area contributed by atoms with Gasteiger partial charge >= 0.3 is 5.97 Å². The van der Waals surface area contributed by atoms with Gasteiger partial charge in [0, 0.05) is 36.9 Å². The minimum absolute atomic E-state index is 0. The highest BCUT2D eigenvalue weighted by atomic mass is 79.9. The van der Waals surface area contributed by atoms with Crippen molar-refractivity contribution in [2.75, 3.05) is 43.1 Å². The number of aromatic nitrogens is 1. The van der Waals surface area contributed by atoms with Crippen molar-refractivity contribution in [3.8, 4) is 11.1 Å². The molecule has 0 N–H and O–H groups in total. The second-order valence-electron chi connectivity index (χ2n) is 6.91. The second-order valence-corrected chi connectivity index (χ2v) is 8.38.